The molecule has 0 fully saturated rings. The van der Waals surface area contributed by atoms with Crippen LogP contribution in [0, 0.1) is 20.8 Å². The number of hydrogen-bond acceptors (Lipinski definition) is 5. The molecule has 0 saturated carbocycles. The number of fused-ring (bicyclic) bond motifs is 1. The van der Waals surface area contributed by atoms with E-state index in [1.54, 1.807) is 10.7 Å². The van der Waals surface area contributed by atoms with Crippen LogP contribution in [0.4, 0.5) is 5.82 Å². The number of benzene rings is 3. The Kier molecular flexibility index (Phi) is 6.31. The number of nitrogens with one attached hydrogen (secondary N) is 2. The molecule has 40 heavy (non-hydrogen) atoms. The van der Waals surface area contributed by atoms with Gasteiger partial charge in [-0.05, 0) is 55.2 Å². The Hall–Kier alpha value is -5.31. The van der Waals surface area contributed by atoms with Gasteiger partial charge in [-0.2, -0.15) is 19.9 Å². The first-order valence-corrected chi connectivity index (χ1v) is 12.9. The largest absolute Gasteiger partial charge is 0.310 e. The SMILES string of the molecule is Cc1cc(NC(=O)C(c2ccccc2)c2ccccc2)n(-c2nc3c(cnn3-c3ccc(C)c(C)c3)c(=O)[nH]2)n1. The highest BCUT2D eigenvalue weighted by molar-refractivity contribution is 5.97. The number of anilines is 1. The minimum atomic E-state index is -0.549. The van der Waals surface area contributed by atoms with E-state index in [2.05, 4.69) is 20.5 Å². The summed E-state index contributed by atoms with van der Waals surface area (Å²) in [7, 11) is 0. The van der Waals surface area contributed by atoms with Gasteiger partial charge in [-0.1, -0.05) is 66.7 Å². The zero-order valence-corrected chi connectivity index (χ0v) is 22.3. The van der Waals surface area contributed by atoms with E-state index in [0.717, 1.165) is 27.9 Å². The highest BCUT2D eigenvalue weighted by Crippen LogP contribution is 2.27. The second kappa shape index (κ2) is 10.1. The first kappa shape index (κ1) is 25.0. The van der Waals surface area contributed by atoms with Crippen molar-refractivity contribution in [3.63, 3.8) is 0 Å². The van der Waals surface area contributed by atoms with Crippen molar-refractivity contribution in [2.24, 2.45) is 0 Å². The minimum Gasteiger partial charge on any atom is -0.310 e. The van der Waals surface area contributed by atoms with E-state index >= 15 is 0 Å². The van der Waals surface area contributed by atoms with Gasteiger partial charge in [-0.15, -0.1) is 0 Å². The van der Waals surface area contributed by atoms with Crippen LogP contribution in [-0.2, 0) is 4.79 Å². The average molecular weight is 530 g/mol. The van der Waals surface area contributed by atoms with E-state index in [4.69, 9.17) is 4.98 Å². The molecule has 0 aliphatic rings. The van der Waals surface area contributed by atoms with Gasteiger partial charge in [0.05, 0.1) is 23.5 Å². The molecule has 0 saturated heterocycles. The fraction of sp³-hybridized carbons (Fsp3) is 0.129. The Balaban J connectivity index is 1.41. The number of rotatable bonds is 6. The van der Waals surface area contributed by atoms with Crippen LogP contribution in [0.25, 0.3) is 22.7 Å². The normalized spacial score (nSPS) is 11.3. The summed E-state index contributed by atoms with van der Waals surface area (Å²) < 4.78 is 3.08. The number of carbonyl (C=O) groups excluding carboxylic acids is 1. The van der Waals surface area contributed by atoms with E-state index in [9.17, 15) is 9.59 Å². The predicted octanol–water partition coefficient (Wildman–Crippen LogP) is 4.99. The van der Waals surface area contributed by atoms with E-state index in [-0.39, 0.29) is 17.4 Å². The third-order valence-electron chi connectivity index (χ3n) is 6.97. The van der Waals surface area contributed by atoms with Gasteiger partial charge in [0.25, 0.3) is 5.56 Å². The molecule has 9 nitrogen and oxygen atoms in total. The van der Waals surface area contributed by atoms with Crippen molar-refractivity contribution in [1.29, 1.82) is 0 Å². The molecule has 3 aromatic carbocycles. The van der Waals surface area contributed by atoms with E-state index in [0.29, 0.717) is 22.5 Å². The second-order valence-corrected chi connectivity index (χ2v) is 9.78. The fourth-order valence-corrected chi connectivity index (χ4v) is 4.79. The van der Waals surface area contributed by atoms with E-state index < -0.39 is 5.92 Å². The Labute approximate surface area is 230 Å². The number of H-pyrrole nitrogens is 1. The lowest BCUT2D eigenvalue weighted by atomic mass is 9.90. The Morgan fingerprint density at radius 1 is 0.850 bits per heavy atom. The summed E-state index contributed by atoms with van der Waals surface area (Å²) in [6.07, 6.45) is 1.50. The average Bonchev–Trinajstić information content (AvgIpc) is 3.55. The number of hydrogen-bond donors (Lipinski definition) is 2. The van der Waals surface area contributed by atoms with Crippen molar-refractivity contribution in [1.82, 2.24) is 29.5 Å². The van der Waals surface area contributed by atoms with E-state index in [1.807, 2.05) is 99.6 Å². The van der Waals surface area contributed by atoms with Crippen LogP contribution in [0.2, 0.25) is 0 Å². The van der Waals surface area contributed by atoms with Crippen LogP contribution in [0.5, 0.6) is 0 Å². The van der Waals surface area contributed by atoms with Crippen molar-refractivity contribution >= 4 is 22.8 Å². The molecule has 0 unspecified atom stereocenters. The van der Waals surface area contributed by atoms with Gasteiger partial charge < -0.3 is 5.32 Å². The van der Waals surface area contributed by atoms with Crippen molar-refractivity contribution in [3.05, 3.63) is 129 Å². The quantitative estimate of drug-likeness (QED) is 0.316. The molecule has 0 aliphatic heterocycles. The second-order valence-electron chi connectivity index (χ2n) is 9.78. The fourth-order valence-electron chi connectivity index (χ4n) is 4.79. The summed E-state index contributed by atoms with van der Waals surface area (Å²) in [4.78, 5) is 34.4. The van der Waals surface area contributed by atoms with Crippen LogP contribution in [0.15, 0.2) is 95.9 Å². The number of nitrogens with zero attached hydrogens (tertiary/aromatic N) is 5. The number of aromatic amines is 1. The lowest BCUT2D eigenvalue weighted by molar-refractivity contribution is -0.116. The molecule has 6 aromatic rings. The monoisotopic (exact) mass is 529 g/mol. The molecule has 0 radical (unpaired) electrons. The maximum absolute atomic E-state index is 13.8. The molecule has 1 amide bonds. The number of aryl methyl sites for hydroxylation is 3. The van der Waals surface area contributed by atoms with E-state index in [1.165, 1.54) is 10.9 Å². The van der Waals surface area contributed by atoms with Crippen LogP contribution in [-0.4, -0.2) is 35.4 Å². The molecule has 0 spiro atoms. The zero-order chi connectivity index (χ0) is 27.8. The van der Waals surface area contributed by atoms with Gasteiger partial charge in [0.1, 0.15) is 11.2 Å². The van der Waals surface area contributed by atoms with Gasteiger partial charge in [-0.3, -0.25) is 14.6 Å². The molecule has 2 N–H and O–H groups in total. The molecule has 3 aromatic heterocycles. The molecule has 0 atom stereocenters. The third kappa shape index (κ3) is 4.58. The first-order chi connectivity index (χ1) is 19.4. The van der Waals surface area contributed by atoms with Crippen LogP contribution >= 0.6 is 0 Å². The summed E-state index contributed by atoms with van der Waals surface area (Å²) in [6.45, 7) is 5.88. The first-order valence-electron chi connectivity index (χ1n) is 12.9. The zero-order valence-electron chi connectivity index (χ0n) is 22.3. The minimum absolute atomic E-state index is 0.169. The van der Waals surface area contributed by atoms with Crippen molar-refractivity contribution in [3.8, 4) is 11.6 Å². The molecular weight excluding hydrogens is 502 g/mol. The van der Waals surface area contributed by atoms with Crippen molar-refractivity contribution < 1.29 is 4.79 Å². The van der Waals surface area contributed by atoms with Gasteiger partial charge in [0.15, 0.2) is 5.65 Å². The summed E-state index contributed by atoms with van der Waals surface area (Å²) in [6, 6.07) is 26.9. The van der Waals surface area contributed by atoms with Gasteiger partial charge >= 0.3 is 0 Å². The molecule has 9 heteroatoms. The number of carbonyl (C=O) groups is 1. The maximum Gasteiger partial charge on any atom is 0.263 e. The molecule has 6 rings (SSSR count). The highest BCUT2D eigenvalue weighted by atomic mass is 16.2. The third-order valence-corrected chi connectivity index (χ3v) is 6.97. The molecule has 3 heterocycles. The van der Waals surface area contributed by atoms with Crippen LogP contribution in [0.3, 0.4) is 0 Å². The predicted molar refractivity (Wildman–Crippen MR) is 154 cm³/mol. The summed E-state index contributed by atoms with van der Waals surface area (Å²) in [5, 5.41) is 12.3. The molecule has 0 bridgehead atoms. The van der Waals surface area contributed by atoms with Crippen LogP contribution < -0.4 is 10.9 Å². The lowest BCUT2D eigenvalue weighted by Gasteiger charge is -2.18. The summed E-state index contributed by atoms with van der Waals surface area (Å²) >= 11 is 0. The van der Waals surface area contributed by atoms with Crippen molar-refractivity contribution in [2.75, 3.05) is 5.32 Å². The topological polar surface area (TPSA) is 110 Å². The maximum atomic E-state index is 13.8. The lowest BCUT2D eigenvalue weighted by Crippen LogP contribution is -2.24. The Morgan fingerprint density at radius 2 is 1.52 bits per heavy atom. The number of aromatic nitrogens is 6. The molecule has 198 valence electrons. The molecule has 0 aliphatic carbocycles. The van der Waals surface area contributed by atoms with Gasteiger partial charge in [-0.25, -0.2) is 4.68 Å². The Bertz CT molecular complexity index is 1860. The summed E-state index contributed by atoms with van der Waals surface area (Å²) in [5.41, 5.74) is 5.45. The molecular formula is C31H27N7O2. The summed E-state index contributed by atoms with van der Waals surface area (Å²) in [5.74, 6) is -0.226. The van der Waals surface area contributed by atoms with Gasteiger partial charge in [0.2, 0.25) is 11.9 Å². The standard InChI is InChI=1S/C31H27N7O2/c1-19-14-15-24(16-20(19)2)37-28-25(18-32-37)29(39)35-31(34-28)38-26(17-21(3)36-38)33-30(40)27(22-10-6-4-7-11-22)23-12-8-5-9-13-23/h4-18,27H,1-3H3,(H,33,40)(H,34,35,39). The Morgan fingerprint density at radius 3 is 2.17 bits per heavy atom. The highest BCUT2D eigenvalue weighted by Gasteiger charge is 2.25. The van der Waals surface area contributed by atoms with Crippen LogP contribution in [0.1, 0.15) is 33.9 Å². The smallest absolute Gasteiger partial charge is 0.263 e. The van der Waals surface area contributed by atoms with Crippen molar-refractivity contribution in [2.45, 2.75) is 26.7 Å². The number of amides is 1. The van der Waals surface area contributed by atoms with Gasteiger partial charge in [0, 0.05) is 6.07 Å².